The Hall–Kier alpha value is -0.520. The maximum Gasteiger partial charge on any atom is 0.0639 e. The van der Waals surface area contributed by atoms with Crippen molar-refractivity contribution in [2.45, 2.75) is 26.9 Å². The highest BCUT2D eigenvalue weighted by Crippen LogP contribution is 1.89. The van der Waals surface area contributed by atoms with Gasteiger partial charge in [0.15, 0.2) is 0 Å². The van der Waals surface area contributed by atoms with Crippen LogP contribution in [0, 0.1) is 11.8 Å². The van der Waals surface area contributed by atoms with Crippen LogP contribution in [-0.2, 0) is 0 Å². The molecule has 1 N–H and O–H groups in total. The van der Waals surface area contributed by atoms with Crippen LogP contribution < -0.4 is 0 Å². The molecule has 0 unspecified atom stereocenters. The Bertz CT molecular complexity index is 143. The van der Waals surface area contributed by atoms with E-state index < -0.39 is 0 Å². The third kappa shape index (κ3) is 5.90. The highest BCUT2D eigenvalue weighted by atomic mass is 16.3. The smallest absolute Gasteiger partial charge is 0.0639 e. The summed E-state index contributed by atoms with van der Waals surface area (Å²) in [4.78, 5) is 2.11. The lowest BCUT2D eigenvalue weighted by molar-refractivity contribution is 0.138. The molecule has 0 aliphatic heterocycles. The molecule has 0 aromatic carbocycles. The van der Waals surface area contributed by atoms with Crippen molar-refractivity contribution in [3.63, 3.8) is 0 Å². The Labute approximate surface area is 69.2 Å². The zero-order chi connectivity index (χ0) is 8.69. The van der Waals surface area contributed by atoms with Gasteiger partial charge >= 0.3 is 0 Å². The van der Waals surface area contributed by atoms with Gasteiger partial charge in [0.1, 0.15) is 0 Å². The van der Waals surface area contributed by atoms with Crippen LogP contribution in [0.4, 0.5) is 0 Å². The summed E-state index contributed by atoms with van der Waals surface area (Å²) in [5.74, 6) is 5.80. The van der Waals surface area contributed by atoms with E-state index in [0.717, 1.165) is 13.1 Å². The maximum absolute atomic E-state index is 9.06. The first-order valence-corrected chi connectivity index (χ1v) is 4.00. The number of nitrogens with zero attached hydrogens (tertiary/aromatic N) is 1. The van der Waals surface area contributed by atoms with Gasteiger partial charge in [0.05, 0.1) is 12.6 Å². The third-order valence-electron chi connectivity index (χ3n) is 1.45. The van der Waals surface area contributed by atoms with Crippen LogP contribution >= 0.6 is 0 Å². The van der Waals surface area contributed by atoms with Crippen molar-refractivity contribution < 1.29 is 5.11 Å². The molecule has 0 amide bonds. The summed E-state index contributed by atoms with van der Waals surface area (Å²) in [5.41, 5.74) is 0. The summed E-state index contributed by atoms with van der Waals surface area (Å²) in [5, 5.41) is 9.06. The summed E-state index contributed by atoms with van der Waals surface area (Å²) < 4.78 is 0. The minimum absolute atomic E-state index is 0.256. The molecule has 0 saturated heterocycles. The molecule has 0 fully saturated rings. The first kappa shape index (κ1) is 10.5. The van der Waals surface area contributed by atoms with Crippen molar-refractivity contribution in [3.8, 4) is 11.8 Å². The summed E-state index contributed by atoms with van der Waals surface area (Å²) in [6.45, 7) is 8.11. The van der Waals surface area contributed by atoms with E-state index >= 15 is 0 Å². The van der Waals surface area contributed by atoms with E-state index in [0.29, 0.717) is 6.54 Å². The van der Waals surface area contributed by atoms with Crippen LogP contribution in [-0.4, -0.2) is 35.7 Å². The van der Waals surface area contributed by atoms with Gasteiger partial charge in [-0.15, -0.1) is 5.92 Å². The number of hydrogen-bond acceptors (Lipinski definition) is 2. The van der Waals surface area contributed by atoms with E-state index in [2.05, 4.69) is 23.7 Å². The molecule has 0 bridgehead atoms. The van der Waals surface area contributed by atoms with Gasteiger partial charge in [-0.3, -0.25) is 4.90 Å². The largest absolute Gasteiger partial charge is 0.392 e. The minimum Gasteiger partial charge on any atom is -0.392 e. The number of rotatable bonds is 4. The molecular formula is C9H17NO. The van der Waals surface area contributed by atoms with Crippen LogP contribution in [0.25, 0.3) is 0 Å². The molecule has 0 heterocycles. The quantitative estimate of drug-likeness (QED) is 0.604. The highest BCUT2D eigenvalue weighted by molar-refractivity contribution is 4.97. The molecule has 0 spiro atoms. The molecule has 2 nitrogen and oxygen atoms in total. The monoisotopic (exact) mass is 155 g/mol. The second kappa shape index (κ2) is 6.21. The van der Waals surface area contributed by atoms with E-state index in [-0.39, 0.29) is 6.10 Å². The summed E-state index contributed by atoms with van der Waals surface area (Å²) in [6, 6.07) is 0. The van der Waals surface area contributed by atoms with Crippen molar-refractivity contribution >= 4 is 0 Å². The molecule has 0 aromatic rings. The predicted molar refractivity (Wildman–Crippen MR) is 47.2 cm³/mol. The van der Waals surface area contributed by atoms with Crippen molar-refractivity contribution in [1.29, 1.82) is 0 Å². The van der Waals surface area contributed by atoms with Crippen LogP contribution in [0.2, 0.25) is 0 Å². The molecular weight excluding hydrogens is 138 g/mol. The van der Waals surface area contributed by atoms with Crippen molar-refractivity contribution in [2.75, 3.05) is 19.6 Å². The van der Waals surface area contributed by atoms with Gasteiger partial charge in [0.2, 0.25) is 0 Å². The number of aliphatic hydroxyl groups excluding tert-OH is 1. The molecule has 0 aromatic heterocycles. The van der Waals surface area contributed by atoms with Crippen LogP contribution in [0.1, 0.15) is 20.8 Å². The number of aliphatic hydroxyl groups is 1. The highest BCUT2D eigenvalue weighted by Gasteiger charge is 2.02. The second-order valence-electron chi connectivity index (χ2n) is 2.60. The molecule has 0 rings (SSSR count). The second-order valence-corrected chi connectivity index (χ2v) is 2.60. The lowest BCUT2D eigenvalue weighted by Gasteiger charge is -2.18. The van der Waals surface area contributed by atoms with Crippen LogP contribution in [0.5, 0.6) is 0 Å². The summed E-state index contributed by atoms with van der Waals surface area (Å²) in [7, 11) is 0. The van der Waals surface area contributed by atoms with Gasteiger partial charge < -0.3 is 5.11 Å². The van der Waals surface area contributed by atoms with Gasteiger partial charge in [-0.05, 0) is 20.4 Å². The van der Waals surface area contributed by atoms with E-state index in [1.54, 1.807) is 6.92 Å². The third-order valence-corrected chi connectivity index (χ3v) is 1.45. The Morgan fingerprint density at radius 3 is 2.55 bits per heavy atom. The van der Waals surface area contributed by atoms with Gasteiger partial charge in [-0.25, -0.2) is 0 Å². The van der Waals surface area contributed by atoms with E-state index in [4.69, 9.17) is 5.11 Å². The zero-order valence-corrected chi connectivity index (χ0v) is 7.59. The fourth-order valence-electron chi connectivity index (χ4n) is 0.870. The Balaban J connectivity index is 3.63. The van der Waals surface area contributed by atoms with Crippen LogP contribution in [0.15, 0.2) is 0 Å². The lowest BCUT2D eigenvalue weighted by atomic mass is 10.3. The van der Waals surface area contributed by atoms with Crippen molar-refractivity contribution in [2.24, 2.45) is 0 Å². The number of hydrogen-bond donors (Lipinski definition) is 1. The molecule has 0 aliphatic carbocycles. The average molecular weight is 155 g/mol. The SMILES string of the molecule is CC#CCN(CC)C[C@@H](C)O. The lowest BCUT2D eigenvalue weighted by Crippen LogP contribution is -2.31. The number of likely N-dealkylation sites (N-methyl/N-ethyl adjacent to an activating group) is 1. The molecule has 11 heavy (non-hydrogen) atoms. The van der Waals surface area contributed by atoms with E-state index in [1.165, 1.54) is 0 Å². The topological polar surface area (TPSA) is 23.5 Å². The predicted octanol–water partition coefficient (Wildman–Crippen LogP) is 0.712. The normalized spacial score (nSPS) is 12.5. The molecule has 0 saturated carbocycles. The summed E-state index contributed by atoms with van der Waals surface area (Å²) in [6.07, 6.45) is -0.256. The fraction of sp³-hybridized carbons (Fsp3) is 0.778. The zero-order valence-electron chi connectivity index (χ0n) is 7.59. The average Bonchev–Trinajstić information content (AvgIpc) is 1.97. The van der Waals surface area contributed by atoms with E-state index in [9.17, 15) is 0 Å². The van der Waals surface area contributed by atoms with E-state index in [1.807, 2.05) is 6.92 Å². The molecule has 64 valence electrons. The van der Waals surface area contributed by atoms with Crippen molar-refractivity contribution in [3.05, 3.63) is 0 Å². The molecule has 1 atom stereocenters. The first-order chi connectivity index (χ1) is 5.20. The molecule has 0 aliphatic rings. The van der Waals surface area contributed by atoms with Gasteiger partial charge in [-0.1, -0.05) is 12.8 Å². The summed E-state index contributed by atoms with van der Waals surface area (Å²) >= 11 is 0. The Kier molecular flexibility index (Phi) is 5.91. The van der Waals surface area contributed by atoms with Gasteiger partial charge in [0, 0.05) is 6.54 Å². The van der Waals surface area contributed by atoms with Crippen LogP contribution in [0.3, 0.4) is 0 Å². The van der Waals surface area contributed by atoms with Gasteiger partial charge in [0.25, 0.3) is 0 Å². The Morgan fingerprint density at radius 2 is 2.18 bits per heavy atom. The van der Waals surface area contributed by atoms with Gasteiger partial charge in [-0.2, -0.15) is 0 Å². The first-order valence-electron chi connectivity index (χ1n) is 4.00. The Morgan fingerprint density at radius 1 is 1.55 bits per heavy atom. The van der Waals surface area contributed by atoms with Crippen molar-refractivity contribution in [1.82, 2.24) is 4.90 Å². The molecule has 0 radical (unpaired) electrons. The maximum atomic E-state index is 9.06. The minimum atomic E-state index is -0.256. The standard InChI is InChI=1S/C9H17NO/c1-4-6-7-10(5-2)8-9(3)11/h9,11H,5,7-8H2,1-3H3/t9-/m1/s1. The molecule has 2 heteroatoms. The fourth-order valence-corrected chi connectivity index (χ4v) is 0.870.